The van der Waals surface area contributed by atoms with Gasteiger partial charge in [0, 0.05) is 19.1 Å². The summed E-state index contributed by atoms with van der Waals surface area (Å²) < 4.78 is 5.93. The molecule has 0 spiro atoms. The summed E-state index contributed by atoms with van der Waals surface area (Å²) in [6.45, 7) is 5.68. The van der Waals surface area contributed by atoms with E-state index in [4.69, 9.17) is 4.74 Å². The molecule has 0 amide bonds. The van der Waals surface area contributed by atoms with E-state index in [1.807, 2.05) is 0 Å². The first kappa shape index (κ1) is 12.1. The fourth-order valence-corrected chi connectivity index (χ4v) is 3.43. The molecule has 1 N–H and O–H groups in total. The molecule has 1 fully saturated rings. The summed E-state index contributed by atoms with van der Waals surface area (Å²) in [6.07, 6.45) is 7.30. The Labute approximate surface area is 98.7 Å². The van der Waals surface area contributed by atoms with Crippen LogP contribution in [0.25, 0.3) is 0 Å². The molecule has 4 atom stereocenters. The van der Waals surface area contributed by atoms with Crippen LogP contribution in [0.2, 0.25) is 0 Å². The molecule has 0 radical (unpaired) electrons. The average molecular weight is 224 g/mol. The van der Waals surface area contributed by atoms with Crippen molar-refractivity contribution < 1.29 is 9.84 Å². The standard InChI is InChI=1S/C14H24O2/c1-10-6-11(2)8-13(7-10)14-12(9-15)4-3-5-16-14/h6,10,12-15H,3-5,7-9H2,1-2H3. The highest BCUT2D eigenvalue weighted by atomic mass is 16.5. The molecule has 0 bridgehead atoms. The first-order chi connectivity index (χ1) is 7.70. The molecule has 4 unspecified atom stereocenters. The smallest absolute Gasteiger partial charge is 0.0656 e. The molecular formula is C14H24O2. The predicted octanol–water partition coefficient (Wildman–Crippen LogP) is 2.77. The third-order valence-corrected chi connectivity index (χ3v) is 4.02. The van der Waals surface area contributed by atoms with Gasteiger partial charge in [-0.25, -0.2) is 0 Å². The second kappa shape index (κ2) is 5.33. The molecule has 2 rings (SSSR count). The molecule has 2 aliphatic rings. The third-order valence-electron chi connectivity index (χ3n) is 4.02. The first-order valence-corrected chi connectivity index (χ1v) is 6.60. The molecule has 1 saturated heterocycles. The molecule has 2 heteroatoms. The lowest BCUT2D eigenvalue weighted by Gasteiger charge is -2.39. The second-order valence-corrected chi connectivity index (χ2v) is 5.61. The van der Waals surface area contributed by atoms with Crippen molar-refractivity contribution in [1.82, 2.24) is 0 Å². The fraction of sp³-hybridized carbons (Fsp3) is 0.857. The lowest BCUT2D eigenvalue weighted by atomic mass is 9.75. The van der Waals surface area contributed by atoms with Crippen LogP contribution < -0.4 is 0 Å². The van der Waals surface area contributed by atoms with E-state index in [0.717, 1.165) is 25.9 Å². The SMILES string of the molecule is CC1=CC(C)CC(C2OCCCC2CO)C1. The Bertz CT molecular complexity index is 259. The Hall–Kier alpha value is -0.340. The van der Waals surface area contributed by atoms with Gasteiger partial charge in [0.1, 0.15) is 0 Å². The zero-order chi connectivity index (χ0) is 11.5. The average Bonchev–Trinajstić information content (AvgIpc) is 2.27. The maximum absolute atomic E-state index is 9.43. The van der Waals surface area contributed by atoms with Gasteiger partial charge in [-0.3, -0.25) is 0 Å². The Morgan fingerprint density at radius 3 is 3.00 bits per heavy atom. The van der Waals surface area contributed by atoms with E-state index in [9.17, 15) is 5.11 Å². The largest absolute Gasteiger partial charge is 0.396 e. The van der Waals surface area contributed by atoms with Crippen molar-refractivity contribution in [2.24, 2.45) is 17.8 Å². The van der Waals surface area contributed by atoms with Crippen LogP contribution in [0.3, 0.4) is 0 Å². The molecule has 1 aliphatic carbocycles. The second-order valence-electron chi connectivity index (χ2n) is 5.61. The molecule has 1 heterocycles. The van der Waals surface area contributed by atoms with Crippen LogP contribution in [-0.2, 0) is 4.74 Å². The molecule has 0 saturated carbocycles. The predicted molar refractivity (Wildman–Crippen MR) is 65.2 cm³/mol. The van der Waals surface area contributed by atoms with Gasteiger partial charge in [-0.2, -0.15) is 0 Å². The molecular weight excluding hydrogens is 200 g/mol. The number of aliphatic hydroxyl groups excluding tert-OH is 1. The number of aliphatic hydroxyl groups is 1. The van der Waals surface area contributed by atoms with Crippen LogP contribution >= 0.6 is 0 Å². The van der Waals surface area contributed by atoms with Crippen molar-refractivity contribution in [3.63, 3.8) is 0 Å². The number of ether oxygens (including phenoxy) is 1. The highest BCUT2D eigenvalue weighted by Gasteiger charge is 2.34. The van der Waals surface area contributed by atoms with Crippen LogP contribution in [-0.4, -0.2) is 24.4 Å². The zero-order valence-electron chi connectivity index (χ0n) is 10.5. The first-order valence-electron chi connectivity index (χ1n) is 6.60. The summed E-state index contributed by atoms with van der Waals surface area (Å²) >= 11 is 0. The quantitative estimate of drug-likeness (QED) is 0.731. The Morgan fingerprint density at radius 1 is 1.50 bits per heavy atom. The third kappa shape index (κ3) is 2.67. The number of hydrogen-bond donors (Lipinski definition) is 1. The van der Waals surface area contributed by atoms with E-state index in [1.165, 1.54) is 12.0 Å². The van der Waals surface area contributed by atoms with Crippen molar-refractivity contribution in [1.29, 1.82) is 0 Å². The lowest BCUT2D eigenvalue weighted by Crippen LogP contribution is -2.39. The van der Waals surface area contributed by atoms with Gasteiger partial charge in [-0.15, -0.1) is 0 Å². The monoisotopic (exact) mass is 224 g/mol. The van der Waals surface area contributed by atoms with E-state index in [0.29, 0.717) is 23.9 Å². The van der Waals surface area contributed by atoms with Crippen molar-refractivity contribution in [3.8, 4) is 0 Å². The minimum atomic E-state index is 0.290. The van der Waals surface area contributed by atoms with Gasteiger partial charge < -0.3 is 9.84 Å². The maximum Gasteiger partial charge on any atom is 0.0656 e. The highest BCUT2D eigenvalue weighted by Crippen LogP contribution is 2.36. The summed E-state index contributed by atoms with van der Waals surface area (Å²) in [4.78, 5) is 0. The lowest BCUT2D eigenvalue weighted by molar-refractivity contribution is -0.0791. The summed E-state index contributed by atoms with van der Waals surface area (Å²) in [6, 6.07) is 0. The van der Waals surface area contributed by atoms with Crippen molar-refractivity contribution >= 4 is 0 Å². The molecule has 1 aliphatic heterocycles. The Morgan fingerprint density at radius 2 is 2.31 bits per heavy atom. The molecule has 0 aromatic carbocycles. The molecule has 92 valence electrons. The van der Waals surface area contributed by atoms with E-state index in [1.54, 1.807) is 0 Å². The summed E-state index contributed by atoms with van der Waals surface area (Å²) in [7, 11) is 0. The van der Waals surface area contributed by atoms with Crippen molar-refractivity contribution in [2.45, 2.75) is 45.6 Å². The highest BCUT2D eigenvalue weighted by molar-refractivity contribution is 5.07. The Balaban J connectivity index is 2.02. The van der Waals surface area contributed by atoms with Crippen LogP contribution in [0.4, 0.5) is 0 Å². The number of rotatable bonds is 2. The van der Waals surface area contributed by atoms with E-state index in [-0.39, 0.29) is 6.61 Å². The molecule has 0 aromatic rings. The summed E-state index contributed by atoms with van der Waals surface area (Å²) in [5.41, 5.74) is 1.50. The van der Waals surface area contributed by atoms with Crippen molar-refractivity contribution in [2.75, 3.05) is 13.2 Å². The normalized spacial score (nSPS) is 40.6. The van der Waals surface area contributed by atoms with Gasteiger partial charge in [-0.1, -0.05) is 18.6 Å². The van der Waals surface area contributed by atoms with Gasteiger partial charge in [0.25, 0.3) is 0 Å². The van der Waals surface area contributed by atoms with Crippen LogP contribution in [0.15, 0.2) is 11.6 Å². The Kier molecular flexibility index (Phi) is 4.04. The number of allylic oxidation sites excluding steroid dienone is 2. The summed E-state index contributed by atoms with van der Waals surface area (Å²) in [5, 5.41) is 9.43. The molecule has 0 aromatic heterocycles. The molecule has 16 heavy (non-hydrogen) atoms. The zero-order valence-corrected chi connectivity index (χ0v) is 10.5. The van der Waals surface area contributed by atoms with E-state index >= 15 is 0 Å². The fourth-order valence-electron chi connectivity index (χ4n) is 3.43. The van der Waals surface area contributed by atoms with Gasteiger partial charge in [0.05, 0.1) is 6.10 Å². The van der Waals surface area contributed by atoms with Gasteiger partial charge >= 0.3 is 0 Å². The van der Waals surface area contributed by atoms with Crippen LogP contribution in [0, 0.1) is 17.8 Å². The van der Waals surface area contributed by atoms with Crippen LogP contribution in [0.1, 0.15) is 39.5 Å². The van der Waals surface area contributed by atoms with Gasteiger partial charge in [0.2, 0.25) is 0 Å². The number of hydrogen-bond acceptors (Lipinski definition) is 2. The van der Waals surface area contributed by atoms with E-state index < -0.39 is 0 Å². The topological polar surface area (TPSA) is 29.5 Å². The van der Waals surface area contributed by atoms with Gasteiger partial charge in [-0.05, 0) is 44.4 Å². The minimum absolute atomic E-state index is 0.290. The van der Waals surface area contributed by atoms with Gasteiger partial charge in [0.15, 0.2) is 0 Å². The van der Waals surface area contributed by atoms with E-state index in [2.05, 4.69) is 19.9 Å². The van der Waals surface area contributed by atoms with Crippen molar-refractivity contribution in [3.05, 3.63) is 11.6 Å². The maximum atomic E-state index is 9.43. The summed E-state index contributed by atoms with van der Waals surface area (Å²) in [5.74, 6) is 1.66. The minimum Gasteiger partial charge on any atom is -0.396 e. The molecule has 2 nitrogen and oxygen atoms in total. The van der Waals surface area contributed by atoms with Crippen LogP contribution in [0.5, 0.6) is 0 Å².